The Hall–Kier alpha value is -4.29. The standard InChI is InChI=1S/C31H29N3O3/c1-19-9-10-23(20(2)17-19)28(21-7-5-4-6-8-21)29(30(32)35)24-11-12-26-25(34-24)18-27(37-26)31(3,36)22-13-15-33-16-14-22/h4-18,28-29,36H,1-3H3,(H2,32,35)/t28-,29?,31?/m0/s1. The van der Waals surface area contributed by atoms with E-state index in [0.717, 1.165) is 22.3 Å². The topological polar surface area (TPSA) is 102 Å². The smallest absolute Gasteiger partial charge is 0.227 e. The zero-order chi connectivity index (χ0) is 26.2. The third kappa shape index (κ3) is 4.63. The Balaban J connectivity index is 1.63. The predicted octanol–water partition coefficient (Wildman–Crippen LogP) is 5.50. The summed E-state index contributed by atoms with van der Waals surface area (Å²) in [7, 11) is 0. The van der Waals surface area contributed by atoms with Crippen LogP contribution in [0.15, 0.2) is 95.7 Å². The molecule has 0 saturated carbocycles. The number of carbonyl (C=O) groups is 1. The molecule has 2 aromatic carbocycles. The molecule has 5 aromatic rings. The van der Waals surface area contributed by atoms with E-state index in [-0.39, 0.29) is 5.92 Å². The summed E-state index contributed by atoms with van der Waals surface area (Å²) < 4.78 is 6.00. The summed E-state index contributed by atoms with van der Waals surface area (Å²) in [5.41, 5.74) is 11.2. The fourth-order valence-corrected chi connectivity index (χ4v) is 5.04. The van der Waals surface area contributed by atoms with Crippen LogP contribution in [0.2, 0.25) is 0 Å². The number of primary amides is 1. The summed E-state index contributed by atoms with van der Waals surface area (Å²) in [6, 6.07) is 24.9. The van der Waals surface area contributed by atoms with Gasteiger partial charge in [-0.3, -0.25) is 9.78 Å². The summed E-state index contributed by atoms with van der Waals surface area (Å²) >= 11 is 0. The van der Waals surface area contributed by atoms with E-state index >= 15 is 0 Å². The second-order valence-corrected chi connectivity index (χ2v) is 9.67. The van der Waals surface area contributed by atoms with Crippen LogP contribution in [0.25, 0.3) is 11.1 Å². The Morgan fingerprint density at radius 2 is 1.70 bits per heavy atom. The van der Waals surface area contributed by atoms with Crippen LogP contribution in [0, 0.1) is 13.8 Å². The number of rotatable bonds is 7. The summed E-state index contributed by atoms with van der Waals surface area (Å²) in [6.45, 7) is 5.77. The van der Waals surface area contributed by atoms with E-state index in [0.29, 0.717) is 28.1 Å². The maximum atomic E-state index is 13.1. The Labute approximate surface area is 215 Å². The molecule has 3 N–H and O–H groups in total. The van der Waals surface area contributed by atoms with E-state index < -0.39 is 17.4 Å². The van der Waals surface area contributed by atoms with Gasteiger partial charge < -0.3 is 15.3 Å². The van der Waals surface area contributed by atoms with Crippen molar-refractivity contribution in [1.29, 1.82) is 0 Å². The zero-order valence-corrected chi connectivity index (χ0v) is 21.1. The lowest BCUT2D eigenvalue weighted by atomic mass is 9.76. The minimum absolute atomic E-state index is 0.324. The number of furan rings is 1. The van der Waals surface area contributed by atoms with Gasteiger partial charge in [0.05, 0.1) is 11.6 Å². The monoisotopic (exact) mass is 491 g/mol. The molecule has 37 heavy (non-hydrogen) atoms. The van der Waals surface area contributed by atoms with E-state index in [1.165, 1.54) is 0 Å². The third-order valence-corrected chi connectivity index (χ3v) is 6.99. The first-order valence-electron chi connectivity index (χ1n) is 12.2. The van der Waals surface area contributed by atoms with Crippen LogP contribution in [0.1, 0.15) is 58.0 Å². The lowest BCUT2D eigenvalue weighted by molar-refractivity contribution is -0.119. The molecule has 1 amide bonds. The average molecular weight is 492 g/mol. The largest absolute Gasteiger partial charge is 0.456 e. The molecule has 5 rings (SSSR count). The first kappa shape index (κ1) is 24.4. The number of hydrogen-bond acceptors (Lipinski definition) is 5. The number of benzene rings is 2. The van der Waals surface area contributed by atoms with Gasteiger partial charge in [-0.1, -0.05) is 54.1 Å². The van der Waals surface area contributed by atoms with E-state index in [1.54, 1.807) is 49.6 Å². The number of aryl methyl sites for hydroxylation is 2. The van der Waals surface area contributed by atoms with Gasteiger partial charge in [0, 0.05) is 24.4 Å². The number of nitrogens with two attached hydrogens (primary N) is 1. The molecular formula is C31H29N3O3. The second-order valence-electron chi connectivity index (χ2n) is 9.67. The van der Waals surface area contributed by atoms with Gasteiger partial charge in [0.2, 0.25) is 5.91 Å². The molecule has 0 spiro atoms. The van der Waals surface area contributed by atoms with Crippen molar-refractivity contribution < 1.29 is 14.3 Å². The van der Waals surface area contributed by atoms with Gasteiger partial charge in [-0.15, -0.1) is 0 Å². The SMILES string of the molecule is Cc1ccc([C@H](c2ccccc2)C(C(N)=O)c2ccc3oc(C(C)(O)c4ccncc4)cc3n2)c(C)c1. The summed E-state index contributed by atoms with van der Waals surface area (Å²) in [6.07, 6.45) is 3.24. The Kier molecular flexibility index (Phi) is 6.36. The van der Waals surface area contributed by atoms with Crippen LogP contribution >= 0.6 is 0 Å². The summed E-state index contributed by atoms with van der Waals surface area (Å²) in [5, 5.41) is 11.2. The highest BCUT2D eigenvalue weighted by Crippen LogP contribution is 2.40. The predicted molar refractivity (Wildman–Crippen MR) is 143 cm³/mol. The molecule has 6 nitrogen and oxygen atoms in total. The second kappa shape index (κ2) is 9.64. The number of aliphatic hydroxyl groups is 1. The van der Waals surface area contributed by atoms with Crippen molar-refractivity contribution in [3.05, 3.63) is 131 Å². The fraction of sp³-hybridized carbons (Fsp3) is 0.194. The van der Waals surface area contributed by atoms with Crippen LogP contribution in [-0.4, -0.2) is 21.0 Å². The molecule has 0 aliphatic heterocycles. The van der Waals surface area contributed by atoms with Crippen LogP contribution in [0.5, 0.6) is 0 Å². The quantitative estimate of drug-likeness (QED) is 0.313. The number of hydrogen-bond donors (Lipinski definition) is 2. The normalized spacial score (nSPS) is 14.7. The van der Waals surface area contributed by atoms with Gasteiger partial charge in [0.15, 0.2) is 5.58 Å². The van der Waals surface area contributed by atoms with Gasteiger partial charge >= 0.3 is 0 Å². The van der Waals surface area contributed by atoms with Crippen LogP contribution in [0.3, 0.4) is 0 Å². The lowest BCUT2D eigenvalue weighted by Gasteiger charge is -2.27. The average Bonchev–Trinajstić information content (AvgIpc) is 3.33. The molecule has 3 heterocycles. The Morgan fingerprint density at radius 1 is 0.973 bits per heavy atom. The molecule has 6 heteroatoms. The molecule has 0 aliphatic carbocycles. The van der Waals surface area contributed by atoms with E-state index in [9.17, 15) is 9.90 Å². The number of pyridine rings is 2. The van der Waals surface area contributed by atoms with Crippen molar-refractivity contribution >= 4 is 17.0 Å². The van der Waals surface area contributed by atoms with Crippen LogP contribution in [0.4, 0.5) is 0 Å². The molecule has 0 aliphatic rings. The first-order valence-corrected chi connectivity index (χ1v) is 12.2. The van der Waals surface area contributed by atoms with Gasteiger partial charge in [0.1, 0.15) is 16.9 Å². The summed E-state index contributed by atoms with van der Waals surface area (Å²) in [4.78, 5) is 21.9. The minimum Gasteiger partial charge on any atom is -0.456 e. The summed E-state index contributed by atoms with van der Waals surface area (Å²) in [5.74, 6) is -1.15. The maximum absolute atomic E-state index is 13.1. The molecule has 0 fully saturated rings. The lowest BCUT2D eigenvalue weighted by Crippen LogP contribution is -2.29. The van der Waals surface area contributed by atoms with Gasteiger partial charge in [-0.2, -0.15) is 0 Å². The number of amides is 1. The van der Waals surface area contributed by atoms with Gasteiger partial charge in [-0.25, -0.2) is 4.98 Å². The van der Waals surface area contributed by atoms with Crippen molar-refractivity contribution in [3.63, 3.8) is 0 Å². The molecule has 0 radical (unpaired) electrons. The maximum Gasteiger partial charge on any atom is 0.227 e. The highest BCUT2D eigenvalue weighted by Gasteiger charge is 2.34. The third-order valence-electron chi connectivity index (χ3n) is 6.99. The van der Waals surface area contributed by atoms with E-state index in [2.05, 4.69) is 30.1 Å². The minimum atomic E-state index is -1.38. The number of aromatic nitrogens is 2. The molecule has 3 atom stereocenters. The van der Waals surface area contributed by atoms with Crippen molar-refractivity contribution in [2.75, 3.05) is 0 Å². The molecular weight excluding hydrogens is 462 g/mol. The number of nitrogens with zero attached hydrogens (tertiary/aromatic N) is 2. The van der Waals surface area contributed by atoms with E-state index in [1.807, 2.05) is 37.3 Å². The number of carbonyl (C=O) groups excluding carboxylic acids is 1. The van der Waals surface area contributed by atoms with Crippen molar-refractivity contribution in [2.24, 2.45) is 5.73 Å². The van der Waals surface area contributed by atoms with Crippen molar-refractivity contribution in [2.45, 2.75) is 38.2 Å². The molecule has 2 unspecified atom stereocenters. The van der Waals surface area contributed by atoms with Crippen LogP contribution in [-0.2, 0) is 10.4 Å². The number of fused-ring (bicyclic) bond motifs is 1. The molecule has 0 bridgehead atoms. The van der Waals surface area contributed by atoms with Crippen molar-refractivity contribution in [3.8, 4) is 0 Å². The molecule has 3 aromatic heterocycles. The van der Waals surface area contributed by atoms with Crippen molar-refractivity contribution in [1.82, 2.24) is 9.97 Å². The highest BCUT2D eigenvalue weighted by atomic mass is 16.4. The van der Waals surface area contributed by atoms with Crippen LogP contribution < -0.4 is 5.73 Å². The first-order chi connectivity index (χ1) is 17.8. The molecule has 0 saturated heterocycles. The Morgan fingerprint density at radius 3 is 2.38 bits per heavy atom. The Bertz CT molecular complexity index is 1560. The fourth-order valence-electron chi connectivity index (χ4n) is 5.04. The zero-order valence-electron chi connectivity index (χ0n) is 21.1. The van der Waals surface area contributed by atoms with Gasteiger partial charge in [-0.05, 0) is 67.3 Å². The van der Waals surface area contributed by atoms with Gasteiger partial charge in [0.25, 0.3) is 0 Å². The molecule has 186 valence electrons. The highest BCUT2D eigenvalue weighted by molar-refractivity contribution is 5.85. The van der Waals surface area contributed by atoms with E-state index in [4.69, 9.17) is 15.1 Å².